The van der Waals surface area contributed by atoms with Gasteiger partial charge in [0.05, 0.1) is 5.54 Å². The minimum Gasteiger partial charge on any atom is -0.475 e. The fraction of sp³-hybridized carbons (Fsp3) is 0.625. The lowest BCUT2D eigenvalue weighted by atomic mass is 10.0. The number of carboxylic acid groups (broad SMARTS) is 1. The molecule has 1 atom stereocenters. The molecular formula is C8H11N3O3. The fourth-order valence-electron chi connectivity index (χ4n) is 1.61. The maximum atomic E-state index is 10.5. The third-order valence-electron chi connectivity index (χ3n) is 2.46. The Bertz CT molecular complexity index is 354. The summed E-state index contributed by atoms with van der Waals surface area (Å²) < 4.78 is 4.91. The van der Waals surface area contributed by atoms with Crippen LogP contribution in [0.3, 0.4) is 0 Å². The molecule has 1 unspecified atom stereocenters. The standard InChI is InChI=1S/C8H11N3O3/c1-8(3-2-4-9-8)7-10-5(6(12)13)11-14-7/h9H,2-4H2,1H3,(H,12,13). The summed E-state index contributed by atoms with van der Waals surface area (Å²) in [5.74, 6) is -1.09. The summed E-state index contributed by atoms with van der Waals surface area (Å²) in [4.78, 5) is 14.4. The number of hydrogen-bond acceptors (Lipinski definition) is 5. The Kier molecular flexibility index (Phi) is 1.99. The van der Waals surface area contributed by atoms with Gasteiger partial charge in [-0.15, -0.1) is 0 Å². The predicted octanol–water partition coefficient (Wildman–Crippen LogP) is 0.366. The van der Waals surface area contributed by atoms with Gasteiger partial charge < -0.3 is 14.9 Å². The van der Waals surface area contributed by atoms with Crippen molar-refractivity contribution in [1.29, 1.82) is 0 Å². The van der Waals surface area contributed by atoms with Crippen molar-refractivity contribution in [2.45, 2.75) is 25.3 Å². The number of hydrogen-bond donors (Lipinski definition) is 2. The molecule has 2 heterocycles. The zero-order valence-electron chi connectivity index (χ0n) is 7.78. The number of carbonyl (C=O) groups is 1. The number of aromatic carboxylic acids is 1. The lowest BCUT2D eigenvalue weighted by Gasteiger charge is -2.18. The zero-order valence-corrected chi connectivity index (χ0v) is 7.78. The van der Waals surface area contributed by atoms with Gasteiger partial charge in [0.2, 0.25) is 5.89 Å². The highest BCUT2D eigenvalue weighted by molar-refractivity contribution is 5.82. The molecule has 1 aromatic heterocycles. The molecule has 2 N–H and O–H groups in total. The molecule has 0 saturated carbocycles. The second-order valence-electron chi connectivity index (χ2n) is 3.59. The van der Waals surface area contributed by atoms with Crippen molar-refractivity contribution in [3.63, 3.8) is 0 Å². The van der Waals surface area contributed by atoms with Crippen LogP contribution in [0, 0.1) is 0 Å². The Morgan fingerprint density at radius 2 is 2.50 bits per heavy atom. The lowest BCUT2D eigenvalue weighted by Crippen LogP contribution is -2.33. The molecule has 76 valence electrons. The average Bonchev–Trinajstić information content (AvgIpc) is 2.71. The molecule has 1 aliphatic rings. The summed E-state index contributed by atoms with van der Waals surface area (Å²) in [6.45, 7) is 2.82. The van der Waals surface area contributed by atoms with Crippen LogP contribution in [0.25, 0.3) is 0 Å². The van der Waals surface area contributed by atoms with E-state index in [2.05, 4.69) is 15.5 Å². The lowest BCUT2D eigenvalue weighted by molar-refractivity contribution is 0.0680. The fourth-order valence-corrected chi connectivity index (χ4v) is 1.61. The average molecular weight is 197 g/mol. The molecule has 6 nitrogen and oxygen atoms in total. The molecule has 2 rings (SSSR count). The highest BCUT2D eigenvalue weighted by Crippen LogP contribution is 2.28. The Balaban J connectivity index is 2.28. The predicted molar refractivity (Wildman–Crippen MR) is 45.8 cm³/mol. The first-order valence-electron chi connectivity index (χ1n) is 4.44. The van der Waals surface area contributed by atoms with E-state index in [9.17, 15) is 4.79 Å². The van der Waals surface area contributed by atoms with Gasteiger partial charge in [-0.25, -0.2) is 4.79 Å². The Morgan fingerprint density at radius 1 is 1.71 bits per heavy atom. The van der Waals surface area contributed by atoms with Crippen LogP contribution in [0.2, 0.25) is 0 Å². The molecule has 1 saturated heterocycles. The topological polar surface area (TPSA) is 88.2 Å². The van der Waals surface area contributed by atoms with Crippen molar-refractivity contribution < 1.29 is 14.4 Å². The summed E-state index contributed by atoms with van der Waals surface area (Å²) in [7, 11) is 0. The molecule has 0 bridgehead atoms. The van der Waals surface area contributed by atoms with Gasteiger partial charge in [-0.2, -0.15) is 4.98 Å². The van der Waals surface area contributed by atoms with E-state index in [1.54, 1.807) is 0 Å². The third-order valence-corrected chi connectivity index (χ3v) is 2.46. The van der Waals surface area contributed by atoms with Crippen LogP contribution in [-0.4, -0.2) is 27.8 Å². The minimum absolute atomic E-state index is 0.282. The van der Waals surface area contributed by atoms with E-state index >= 15 is 0 Å². The van der Waals surface area contributed by atoms with Gasteiger partial charge in [0.1, 0.15) is 0 Å². The van der Waals surface area contributed by atoms with Gasteiger partial charge in [0.25, 0.3) is 5.82 Å². The first kappa shape index (κ1) is 9.14. The van der Waals surface area contributed by atoms with Gasteiger partial charge in [-0.1, -0.05) is 0 Å². The van der Waals surface area contributed by atoms with Crippen molar-refractivity contribution in [2.75, 3.05) is 6.54 Å². The minimum atomic E-state index is -1.17. The third kappa shape index (κ3) is 1.37. The number of nitrogens with one attached hydrogen (secondary N) is 1. The van der Waals surface area contributed by atoms with Crippen LogP contribution < -0.4 is 5.32 Å². The second-order valence-corrected chi connectivity index (χ2v) is 3.59. The number of nitrogens with zero attached hydrogens (tertiary/aromatic N) is 2. The quantitative estimate of drug-likeness (QED) is 0.711. The molecular weight excluding hydrogens is 186 g/mol. The van der Waals surface area contributed by atoms with Crippen LogP contribution in [-0.2, 0) is 5.54 Å². The highest BCUT2D eigenvalue weighted by Gasteiger charge is 2.36. The molecule has 6 heteroatoms. The number of carboxylic acids is 1. The summed E-state index contributed by atoms with van der Waals surface area (Å²) in [5.41, 5.74) is -0.360. The molecule has 1 fully saturated rings. The van der Waals surface area contributed by atoms with Gasteiger partial charge >= 0.3 is 5.97 Å². The monoisotopic (exact) mass is 197 g/mol. The van der Waals surface area contributed by atoms with E-state index in [-0.39, 0.29) is 11.4 Å². The van der Waals surface area contributed by atoms with Gasteiger partial charge in [0, 0.05) is 0 Å². The van der Waals surface area contributed by atoms with Crippen molar-refractivity contribution >= 4 is 5.97 Å². The smallest absolute Gasteiger partial charge is 0.377 e. The molecule has 1 aromatic rings. The molecule has 0 spiro atoms. The molecule has 0 amide bonds. The van der Waals surface area contributed by atoms with Crippen LogP contribution in [0.15, 0.2) is 4.52 Å². The largest absolute Gasteiger partial charge is 0.475 e. The van der Waals surface area contributed by atoms with Gasteiger partial charge in [-0.3, -0.25) is 0 Å². The van der Waals surface area contributed by atoms with Crippen LogP contribution in [0.4, 0.5) is 0 Å². The van der Waals surface area contributed by atoms with Crippen molar-refractivity contribution in [3.05, 3.63) is 11.7 Å². The summed E-state index contributed by atoms with van der Waals surface area (Å²) in [6, 6.07) is 0. The Labute approximate surface area is 80.3 Å². The van der Waals surface area contributed by atoms with Crippen molar-refractivity contribution in [2.24, 2.45) is 0 Å². The summed E-state index contributed by atoms with van der Waals surface area (Å²) in [5, 5.41) is 15.2. The van der Waals surface area contributed by atoms with E-state index < -0.39 is 5.97 Å². The maximum Gasteiger partial charge on any atom is 0.377 e. The Morgan fingerprint density at radius 3 is 3.00 bits per heavy atom. The maximum absolute atomic E-state index is 10.5. The molecule has 0 radical (unpaired) electrons. The normalized spacial score (nSPS) is 26.6. The Hall–Kier alpha value is -1.43. The van der Waals surface area contributed by atoms with E-state index in [1.807, 2.05) is 6.92 Å². The van der Waals surface area contributed by atoms with Gasteiger partial charge in [0.15, 0.2) is 0 Å². The highest BCUT2D eigenvalue weighted by atomic mass is 16.5. The van der Waals surface area contributed by atoms with E-state index in [0.29, 0.717) is 5.89 Å². The van der Waals surface area contributed by atoms with Crippen LogP contribution >= 0.6 is 0 Å². The van der Waals surface area contributed by atoms with E-state index in [1.165, 1.54) is 0 Å². The SMILES string of the molecule is CC1(c2nc(C(=O)O)no2)CCCN1. The van der Waals surface area contributed by atoms with E-state index in [0.717, 1.165) is 19.4 Å². The first-order chi connectivity index (χ1) is 6.62. The summed E-state index contributed by atoms with van der Waals surface area (Å²) in [6.07, 6.45) is 1.91. The zero-order chi connectivity index (χ0) is 10.2. The second kappa shape index (κ2) is 3.06. The molecule has 14 heavy (non-hydrogen) atoms. The molecule has 1 aliphatic heterocycles. The number of rotatable bonds is 2. The van der Waals surface area contributed by atoms with Crippen molar-refractivity contribution in [1.82, 2.24) is 15.5 Å². The van der Waals surface area contributed by atoms with Crippen molar-refractivity contribution in [3.8, 4) is 0 Å². The summed E-state index contributed by atoms with van der Waals surface area (Å²) >= 11 is 0. The van der Waals surface area contributed by atoms with E-state index in [4.69, 9.17) is 9.63 Å². The molecule has 0 aromatic carbocycles. The molecule has 0 aliphatic carbocycles. The number of aromatic nitrogens is 2. The van der Waals surface area contributed by atoms with Crippen LogP contribution in [0.5, 0.6) is 0 Å². The van der Waals surface area contributed by atoms with Crippen LogP contribution in [0.1, 0.15) is 36.3 Å². The van der Waals surface area contributed by atoms with Gasteiger partial charge in [-0.05, 0) is 31.5 Å². The first-order valence-corrected chi connectivity index (χ1v) is 4.44.